The van der Waals surface area contributed by atoms with E-state index in [1.54, 1.807) is 6.26 Å². The van der Waals surface area contributed by atoms with Crippen LogP contribution in [0.5, 0.6) is 0 Å². The summed E-state index contributed by atoms with van der Waals surface area (Å²) >= 11 is 0. The topological polar surface area (TPSA) is 74.5 Å². The highest BCUT2D eigenvalue weighted by Gasteiger charge is 2.11. The van der Waals surface area contributed by atoms with Gasteiger partial charge in [0, 0.05) is 18.7 Å². The third-order valence-corrected chi connectivity index (χ3v) is 3.41. The number of carbonyl (C=O) groups is 1. The summed E-state index contributed by atoms with van der Waals surface area (Å²) in [5.41, 5.74) is 2.76. The van der Waals surface area contributed by atoms with Crippen molar-refractivity contribution in [3.63, 3.8) is 0 Å². The number of rotatable bonds is 5. The summed E-state index contributed by atoms with van der Waals surface area (Å²) in [6.45, 7) is 4.34. The molecule has 0 spiro atoms. The molecule has 112 valence electrons. The largest absolute Gasteiger partial charge is 0.469 e. The third kappa shape index (κ3) is 4.10. The molecule has 0 saturated heterocycles. The molecular weight excluding hydrogens is 268 g/mol. The Kier molecular flexibility index (Phi) is 5.00. The monoisotopic (exact) mass is 288 g/mol. The van der Waals surface area contributed by atoms with Crippen molar-refractivity contribution in [2.45, 2.75) is 26.5 Å². The summed E-state index contributed by atoms with van der Waals surface area (Å²) in [4.78, 5) is 11.7. The molecule has 0 unspecified atom stereocenters. The zero-order valence-corrected chi connectivity index (χ0v) is 12.2. The van der Waals surface area contributed by atoms with Gasteiger partial charge in [-0.1, -0.05) is 24.3 Å². The van der Waals surface area contributed by atoms with Gasteiger partial charge < -0.3 is 20.2 Å². The molecule has 1 atom stereocenters. The normalized spacial score (nSPS) is 12.0. The van der Waals surface area contributed by atoms with Gasteiger partial charge in [0.15, 0.2) is 0 Å². The van der Waals surface area contributed by atoms with Gasteiger partial charge >= 0.3 is 6.03 Å². The first kappa shape index (κ1) is 15.1. The average molecular weight is 288 g/mol. The number of carbonyl (C=O) groups excluding carboxylic acids is 1. The van der Waals surface area contributed by atoms with Gasteiger partial charge in [-0.2, -0.15) is 0 Å². The van der Waals surface area contributed by atoms with Gasteiger partial charge in [-0.15, -0.1) is 0 Å². The molecule has 1 heterocycles. The Morgan fingerprint density at radius 2 is 2.00 bits per heavy atom. The molecule has 0 aliphatic carbocycles. The van der Waals surface area contributed by atoms with Crippen LogP contribution in [0.4, 0.5) is 4.79 Å². The zero-order valence-electron chi connectivity index (χ0n) is 12.2. The molecule has 2 rings (SSSR count). The number of furan rings is 1. The SMILES string of the molecule is Cc1ccccc1[C@@H](O)CNC(=O)NCc1ccoc1C. The van der Waals surface area contributed by atoms with Crippen molar-refractivity contribution in [2.24, 2.45) is 0 Å². The van der Waals surface area contributed by atoms with Crippen LogP contribution in [0.1, 0.15) is 28.6 Å². The Morgan fingerprint density at radius 1 is 1.24 bits per heavy atom. The number of urea groups is 1. The zero-order chi connectivity index (χ0) is 15.2. The third-order valence-electron chi connectivity index (χ3n) is 3.41. The summed E-state index contributed by atoms with van der Waals surface area (Å²) in [6, 6.07) is 9.07. The van der Waals surface area contributed by atoms with E-state index in [0.29, 0.717) is 6.54 Å². The van der Waals surface area contributed by atoms with Gasteiger partial charge in [0.05, 0.1) is 12.4 Å². The molecule has 5 heteroatoms. The van der Waals surface area contributed by atoms with E-state index in [-0.39, 0.29) is 12.6 Å². The maximum absolute atomic E-state index is 11.7. The van der Waals surface area contributed by atoms with Crippen molar-refractivity contribution in [1.82, 2.24) is 10.6 Å². The number of hydrogen-bond acceptors (Lipinski definition) is 3. The van der Waals surface area contributed by atoms with E-state index in [9.17, 15) is 9.90 Å². The van der Waals surface area contributed by atoms with Crippen molar-refractivity contribution in [1.29, 1.82) is 0 Å². The van der Waals surface area contributed by atoms with Gasteiger partial charge in [0.1, 0.15) is 5.76 Å². The predicted octanol–water partition coefficient (Wildman–Crippen LogP) is 2.43. The van der Waals surface area contributed by atoms with Gasteiger partial charge in [0.2, 0.25) is 0 Å². The van der Waals surface area contributed by atoms with E-state index >= 15 is 0 Å². The van der Waals surface area contributed by atoms with Crippen LogP contribution >= 0.6 is 0 Å². The molecule has 5 nitrogen and oxygen atoms in total. The summed E-state index contributed by atoms with van der Waals surface area (Å²) in [5.74, 6) is 0.787. The molecule has 0 bridgehead atoms. The highest BCUT2D eigenvalue weighted by molar-refractivity contribution is 5.73. The molecule has 1 aromatic heterocycles. The van der Waals surface area contributed by atoms with Crippen LogP contribution in [0.3, 0.4) is 0 Å². The van der Waals surface area contributed by atoms with Crippen LogP contribution in [0, 0.1) is 13.8 Å². The van der Waals surface area contributed by atoms with Crippen LogP contribution in [0.15, 0.2) is 41.0 Å². The predicted molar refractivity (Wildman–Crippen MR) is 79.8 cm³/mol. The Hall–Kier alpha value is -2.27. The lowest BCUT2D eigenvalue weighted by Gasteiger charge is -2.14. The minimum Gasteiger partial charge on any atom is -0.469 e. The molecule has 1 aromatic carbocycles. The summed E-state index contributed by atoms with van der Waals surface area (Å²) in [6.07, 6.45) is 0.874. The molecule has 2 aromatic rings. The standard InChI is InChI=1S/C16H20N2O3/c1-11-5-3-4-6-14(11)15(19)10-18-16(20)17-9-13-7-8-21-12(13)2/h3-8,15,19H,9-10H2,1-2H3,(H2,17,18,20)/t15-/m0/s1. The van der Waals surface area contributed by atoms with Crippen molar-refractivity contribution in [2.75, 3.05) is 6.54 Å². The number of aliphatic hydroxyl groups excluding tert-OH is 1. The van der Waals surface area contributed by atoms with E-state index < -0.39 is 6.10 Å². The first-order chi connectivity index (χ1) is 10.1. The lowest BCUT2D eigenvalue weighted by molar-refractivity contribution is 0.172. The van der Waals surface area contributed by atoms with Gasteiger partial charge in [-0.3, -0.25) is 0 Å². The van der Waals surface area contributed by atoms with E-state index in [2.05, 4.69) is 10.6 Å². The minimum absolute atomic E-state index is 0.168. The number of benzene rings is 1. The van der Waals surface area contributed by atoms with Crippen LogP contribution in [-0.4, -0.2) is 17.7 Å². The van der Waals surface area contributed by atoms with Crippen LogP contribution in [0.25, 0.3) is 0 Å². The Bertz CT molecular complexity index is 607. The highest BCUT2D eigenvalue weighted by Crippen LogP contribution is 2.16. The minimum atomic E-state index is -0.715. The fourth-order valence-electron chi connectivity index (χ4n) is 2.09. The first-order valence-electron chi connectivity index (χ1n) is 6.86. The van der Waals surface area contributed by atoms with Gasteiger partial charge in [-0.25, -0.2) is 4.79 Å². The lowest BCUT2D eigenvalue weighted by atomic mass is 10.0. The summed E-state index contributed by atoms with van der Waals surface area (Å²) in [5, 5.41) is 15.5. The molecular formula is C16H20N2O3. The molecule has 0 fully saturated rings. The van der Waals surface area contributed by atoms with Crippen molar-refractivity contribution >= 4 is 6.03 Å². The van der Waals surface area contributed by atoms with E-state index in [0.717, 1.165) is 22.5 Å². The first-order valence-corrected chi connectivity index (χ1v) is 6.86. The number of hydrogen-bond donors (Lipinski definition) is 3. The van der Waals surface area contributed by atoms with Crippen LogP contribution < -0.4 is 10.6 Å². The second kappa shape index (κ2) is 6.95. The molecule has 0 radical (unpaired) electrons. The summed E-state index contributed by atoms with van der Waals surface area (Å²) < 4.78 is 5.15. The maximum Gasteiger partial charge on any atom is 0.315 e. The number of amides is 2. The quantitative estimate of drug-likeness (QED) is 0.791. The smallest absolute Gasteiger partial charge is 0.315 e. The number of aliphatic hydroxyl groups is 1. The molecule has 2 amide bonds. The lowest BCUT2D eigenvalue weighted by Crippen LogP contribution is -2.37. The van der Waals surface area contributed by atoms with E-state index in [1.165, 1.54) is 0 Å². The average Bonchev–Trinajstić information content (AvgIpc) is 2.88. The van der Waals surface area contributed by atoms with Crippen molar-refractivity contribution in [3.05, 3.63) is 59.0 Å². The van der Waals surface area contributed by atoms with E-state index in [4.69, 9.17) is 4.42 Å². The van der Waals surface area contributed by atoms with Crippen molar-refractivity contribution in [3.8, 4) is 0 Å². The number of nitrogens with one attached hydrogen (secondary N) is 2. The maximum atomic E-state index is 11.7. The molecule has 3 N–H and O–H groups in total. The second-order valence-corrected chi connectivity index (χ2v) is 4.94. The molecule has 21 heavy (non-hydrogen) atoms. The molecule has 0 saturated carbocycles. The molecule has 0 aliphatic rings. The van der Waals surface area contributed by atoms with Crippen molar-refractivity contribution < 1.29 is 14.3 Å². The van der Waals surface area contributed by atoms with Gasteiger partial charge in [0.25, 0.3) is 0 Å². The fraction of sp³-hybridized carbons (Fsp3) is 0.312. The summed E-state index contributed by atoms with van der Waals surface area (Å²) in [7, 11) is 0. The molecule has 0 aliphatic heterocycles. The Balaban J connectivity index is 1.79. The van der Waals surface area contributed by atoms with Crippen LogP contribution in [0.2, 0.25) is 0 Å². The van der Waals surface area contributed by atoms with Gasteiger partial charge in [-0.05, 0) is 31.0 Å². The second-order valence-electron chi connectivity index (χ2n) is 4.94. The fourth-order valence-corrected chi connectivity index (χ4v) is 2.09. The van der Waals surface area contributed by atoms with Crippen LogP contribution in [-0.2, 0) is 6.54 Å². The Labute approximate surface area is 124 Å². The van der Waals surface area contributed by atoms with E-state index in [1.807, 2.05) is 44.2 Å². The number of aryl methyl sites for hydroxylation is 2. The highest BCUT2D eigenvalue weighted by atomic mass is 16.3. The Morgan fingerprint density at radius 3 is 2.67 bits per heavy atom.